The predicted octanol–water partition coefficient (Wildman–Crippen LogP) is 3.54. The van der Waals surface area contributed by atoms with Gasteiger partial charge in [0.1, 0.15) is 34.0 Å². The van der Waals surface area contributed by atoms with Gasteiger partial charge in [-0.15, -0.1) is 0 Å². The first kappa shape index (κ1) is 23.1. The largest absolute Gasteiger partial charge is 0.508 e. The van der Waals surface area contributed by atoms with Gasteiger partial charge in [0.05, 0.1) is 12.2 Å². The smallest absolute Gasteiger partial charge is 0.197 e. The Balaban J connectivity index is 2.10. The molecule has 2 aromatic carbocycles. The highest BCUT2D eigenvalue weighted by molar-refractivity contribution is 5.88. The van der Waals surface area contributed by atoms with Crippen molar-refractivity contribution in [2.45, 2.75) is 38.9 Å². The number of rotatable bonds is 7. The normalized spacial score (nSPS) is 13.1. The number of hydrogen-bond donors (Lipinski definition) is 5. The summed E-state index contributed by atoms with van der Waals surface area (Å²) < 4.78 is 5.78. The summed E-state index contributed by atoms with van der Waals surface area (Å²) in [5.74, 6) is -0.654. The Labute approximate surface area is 184 Å². The number of phenolic OH excluding ortho intramolecular Hbond substituents is 3. The first-order valence-electron chi connectivity index (χ1n) is 10.0. The third-order valence-electron chi connectivity index (χ3n) is 5.39. The highest BCUT2D eigenvalue weighted by Gasteiger charge is 2.21. The van der Waals surface area contributed by atoms with E-state index in [0.29, 0.717) is 22.3 Å². The van der Waals surface area contributed by atoms with E-state index in [9.17, 15) is 30.3 Å². The van der Waals surface area contributed by atoms with Gasteiger partial charge in [-0.2, -0.15) is 0 Å². The maximum Gasteiger partial charge on any atom is 0.197 e. The van der Waals surface area contributed by atoms with Gasteiger partial charge in [-0.3, -0.25) is 4.79 Å². The average molecular weight is 438 g/mol. The van der Waals surface area contributed by atoms with Crippen molar-refractivity contribution in [3.63, 3.8) is 0 Å². The fourth-order valence-corrected chi connectivity index (χ4v) is 3.33. The molecule has 1 aromatic heterocycles. The monoisotopic (exact) mass is 438 g/mol. The molecule has 2 atom stereocenters. The molecular formula is C25H26O7. The lowest BCUT2D eigenvalue weighted by Crippen LogP contribution is -2.12. The lowest BCUT2D eigenvalue weighted by Gasteiger charge is -2.15. The molecule has 0 aliphatic carbocycles. The van der Waals surface area contributed by atoms with Gasteiger partial charge in [-0.1, -0.05) is 24.3 Å². The van der Waals surface area contributed by atoms with E-state index >= 15 is 0 Å². The Kier molecular flexibility index (Phi) is 6.43. The van der Waals surface area contributed by atoms with Crippen molar-refractivity contribution in [3.05, 3.63) is 76.0 Å². The predicted molar refractivity (Wildman–Crippen MR) is 122 cm³/mol. The lowest BCUT2D eigenvalue weighted by molar-refractivity contribution is 0.209. The quantitative estimate of drug-likeness (QED) is 0.357. The summed E-state index contributed by atoms with van der Waals surface area (Å²) in [6.45, 7) is 10.6. The van der Waals surface area contributed by atoms with Crippen molar-refractivity contribution in [1.82, 2.24) is 0 Å². The third kappa shape index (κ3) is 4.54. The molecule has 0 aliphatic rings. The molecule has 0 radical (unpaired) electrons. The highest BCUT2D eigenvalue weighted by atomic mass is 16.3. The van der Waals surface area contributed by atoms with Gasteiger partial charge in [0, 0.05) is 36.1 Å². The summed E-state index contributed by atoms with van der Waals surface area (Å²) >= 11 is 0. The van der Waals surface area contributed by atoms with E-state index in [-0.39, 0.29) is 46.6 Å². The van der Waals surface area contributed by atoms with Gasteiger partial charge in [0.25, 0.3) is 0 Å². The van der Waals surface area contributed by atoms with Crippen LogP contribution in [0.15, 0.2) is 63.8 Å². The maximum atomic E-state index is 12.8. The molecule has 32 heavy (non-hydrogen) atoms. The molecule has 7 heteroatoms. The van der Waals surface area contributed by atoms with E-state index in [0.717, 1.165) is 0 Å². The van der Waals surface area contributed by atoms with Gasteiger partial charge in [0.15, 0.2) is 5.43 Å². The Hall–Kier alpha value is -3.55. The Bertz CT molecular complexity index is 1270. The lowest BCUT2D eigenvalue weighted by atomic mass is 9.98. The summed E-state index contributed by atoms with van der Waals surface area (Å²) in [7, 11) is 0. The average Bonchev–Trinajstić information content (AvgIpc) is 2.71. The zero-order chi connectivity index (χ0) is 23.7. The number of aromatic hydroxyl groups is 3. The molecule has 0 saturated carbocycles. The molecule has 0 amide bonds. The molecule has 3 aromatic rings. The summed E-state index contributed by atoms with van der Waals surface area (Å²) in [6.07, 6.45) is -1.83. The van der Waals surface area contributed by atoms with Crippen LogP contribution in [0.1, 0.15) is 25.0 Å². The molecule has 0 fully saturated rings. The number of phenols is 3. The van der Waals surface area contributed by atoms with Crippen LogP contribution in [0.25, 0.3) is 22.3 Å². The molecule has 168 valence electrons. The second-order valence-electron chi connectivity index (χ2n) is 8.05. The van der Waals surface area contributed by atoms with Crippen molar-refractivity contribution < 1.29 is 29.9 Å². The molecule has 0 spiro atoms. The van der Waals surface area contributed by atoms with E-state index in [1.165, 1.54) is 18.2 Å². The van der Waals surface area contributed by atoms with Crippen LogP contribution in [0, 0.1) is 0 Å². The Morgan fingerprint density at radius 1 is 0.938 bits per heavy atom. The van der Waals surface area contributed by atoms with E-state index in [1.807, 2.05) is 0 Å². The third-order valence-corrected chi connectivity index (χ3v) is 5.39. The number of aliphatic hydroxyl groups excluding tert-OH is 2. The van der Waals surface area contributed by atoms with E-state index in [1.54, 1.807) is 26.0 Å². The molecular weight excluding hydrogens is 412 g/mol. The van der Waals surface area contributed by atoms with Crippen LogP contribution in [0.3, 0.4) is 0 Å². The fraction of sp³-hybridized carbons (Fsp3) is 0.240. The number of benzene rings is 2. The SMILES string of the molecule is C=C(C)[C@H](O)Cc1cc(-c2cc(=O)c3c(O)c(C[C@@H](O)C(=C)C)c(O)cc3o2)ccc1O. The molecule has 0 bridgehead atoms. The molecule has 3 rings (SSSR count). The summed E-state index contributed by atoms with van der Waals surface area (Å²) in [6, 6.07) is 6.98. The zero-order valence-corrected chi connectivity index (χ0v) is 17.9. The first-order chi connectivity index (χ1) is 15.0. The van der Waals surface area contributed by atoms with Crippen molar-refractivity contribution in [3.8, 4) is 28.6 Å². The van der Waals surface area contributed by atoms with Gasteiger partial charge in [0.2, 0.25) is 0 Å². The maximum absolute atomic E-state index is 12.8. The molecule has 1 heterocycles. The van der Waals surface area contributed by atoms with Gasteiger partial charge < -0.3 is 29.9 Å². The van der Waals surface area contributed by atoms with Crippen molar-refractivity contribution in [1.29, 1.82) is 0 Å². The van der Waals surface area contributed by atoms with Gasteiger partial charge in [-0.05, 0) is 37.6 Å². The minimum atomic E-state index is -1.000. The van der Waals surface area contributed by atoms with E-state index < -0.39 is 23.4 Å². The van der Waals surface area contributed by atoms with Crippen LogP contribution in [0.5, 0.6) is 17.2 Å². The number of aliphatic hydroxyl groups is 2. The number of hydrogen-bond acceptors (Lipinski definition) is 7. The van der Waals surface area contributed by atoms with Crippen molar-refractivity contribution >= 4 is 11.0 Å². The molecule has 7 nitrogen and oxygen atoms in total. The molecule has 0 unspecified atom stereocenters. The molecule has 0 aliphatic heterocycles. The first-order valence-corrected chi connectivity index (χ1v) is 10.0. The Morgan fingerprint density at radius 3 is 2.19 bits per heavy atom. The molecule has 5 N–H and O–H groups in total. The van der Waals surface area contributed by atoms with Gasteiger partial charge in [-0.25, -0.2) is 0 Å². The number of fused-ring (bicyclic) bond motifs is 1. The van der Waals surface area contributed by atoms with Crippen LogP contribution >= 0.6 is 0 Å². The van der Waals surface area contributed by atoms with Crippen LogP contribution < -0.4 is 5.43 Å². The van der Waals surface area contributed by atoms with E-state index in [4.69, 9.17) is 4.42 Å². The minimum absolute atomic E-state index is 0.0202. The standard InChI is InChI=1S/C25H26O7/c1-12(2)18(27)8-15-7-14(5-6-17(15)26)22-11-21(30)24-23(32-22)10-20(29)16(25(24)31)9-19(28)13(3)4/h5-7,10-11,18-19,26-29,31H,1,3,8-9H2,2,4H3/t18-,19-/m1/s1. The summed E-state index contributed by atoms with van der Waals surface area (Å²) in [5.41, 5.74) is 1.35. The van der Waals surface area contributed by atoms with E-state index in [2.05, 4.69) is 13.2 Å². The van der Waals surface area contributed by atoms with Crippen molar-refractivity contribution in [2.24, 2.45) is 0 Å². The second kappa shape index (κ2) is 8.90. The van der Waals surface area contributed by atoms with Crippen molar-refractivity contribution in [2.75, 3.05) is 0 Å². The Morgan fingerprint density at radius 2 is 1.56 bits per heavy atom. The summed E-state index contributed by atoms with van der Waals surface area (Å²) in [5, 5.41) is 51.1. The topological polar surface area (TPSA) is 131 Å². The second-order valence-corrected chi connectivity index (χ2v) is 8.05. The minimum Gasteiger partial charge on any atom is -0.508 e. The fourth-order valence-electron chi connectivity index (χ4n) is 3.33. The van der Waals surface area contributed by atoms with Gasteiger partial charge >= 0.3 is 0 Å². The van der Waals surface area contributed by atoms with Crippen LogP contribution in [0.2, 0.25) is 0 Å². The summed E-state index contributed by atoms with van der Waals surface area (Å²) in [4.78, 5) is 12.8. The molecule has 0 saturated heterocycles. The highest BCUT2D eigenvalue weighted by Crippen LogP contribution is 2.37. The zero-order valence-electron chi connectivity index (χ0n) is 17.9. The van der Waals surface area contributed by atoms with Crippen LogP contribution in [-0.4, -0.2) is 37.7 Å². The van der Waals surface area contributed by atoms with Crippen LogP contribution in [-0.2, 0) is 12.8 Å². The van der Waals surface area contributed by atoms with Crippen LogP contribution in [0.4, 0.5) is 0 Å².